The highest BCUT2D eigenvalue weighted by molar-refractivity contribution is 6.47. The highest BCUT2D eigenvalue weighted by Crippen LogP contribution is 2.36. The Morgan fingerprint density at radius 1 is 1.39 bits per heavy atom. The summed E-state index contributed by atoms with van der Waals surface area (Å²) < 4.78 is 7.03. The number of rotatable bonds is 8. The molecule has 0 aliphatic carbocycles. The minimum Gasteiger partial charge on any atom is -0.535 e. The van der Waals surface area contributed by atoms with E-state index in [1.165, 1.54) is 6.07 Å². The molecule has 1 atom stereocenters. The molecule has 1 aliphatic rings. The van der Waals surface area contributed by atoms with Gasteiger partial charge >= 0.3 is 13.1 Å². The van der Waals surface area contributed by atoms with E-state index in [2.05, 4.69) is 15.5 Å². The van der Waals surface area contributed by atoms with Crippen molar-refractivity contribution in [2.24, 2.45) is 0 Å². The molecule has 11 heteroatoms. The van der Waals surface area contributed by atoms with Crippen LogP contribution in [0.4, 0.5) is 0 Å². The van der Waals surface area contributed by atoms with Crippen molar-refractivity contribution >= 4 is 18.9 Å². The van der Waals surface area contributed by atoms with E-state index in [1.54, 1.807) is 16.8 Å². The molecule has 2 N–H and O–H groups in total. The minimum absolute atomic E-state index is 0.00129. The monoisotopic (exact) mass is 387 g/mol. The highest BCUT2D eigenvalue weighted by Gasteiger charge is 2.37. The van der Waals surface area contributed by atoms with Crippen molar-refractivity contribution in [2.45, 2.75) is 31.6 Å². The molecule has 2 heterocycles. The van der Waals surface area contributed by atoms with Gasteiger partial charge in [0.05, 0.1) is 18.5 Å². The van der Waals surface area contributed by atoms with Crippen molar-refractivity contribution in [3.8, 4) is 5.75 Å². The second-order valence-corrected chi connectivity index (χ2v) is 7.11. The van der Waals surface area contributed by atoms with Crippen molar-refractivity contribution in [1.29, 1.82) is 0 Å². The lowest BCUT2D eigenvalue weighted by molar-refractivity contribution is -0.118. The molecule has 0 saturated carbocycles. The topological polar surface area (TPSA) is 131 Å². The first-order valence-electron chi connectivity index (χ1n) is 8.96. The number of aromatic carboxylic acids is 1. The molecule has 0 fully saturated rings. The SMILES string of the molecule is CN(C)CCn1nnnc1CC(=O)C[C@H]1Cc2cccc(C(=O)O)c2OB1O. The summed E-state index contributed by atoms with van der Waals surface area (Å²) >= 11 is 0. The van der Waals surface area contributed by atoms with Crippen LogP contribution >= 0.6 is 0 Å². The summed E-state index contributed by atoms with van der Waals surface area (Å²) in [4.78, 5) is 25.8. The van der Waals surface area contributed by atoms with Crippen molar-refractivity contribution in [3.05, 3.63) is 35.2 Å². The zero-order valence-electron chi connectivity index (χ0n) is 15.8. The van der Waals surface area contributed by atoms with Crippen LogP contribution in [0.5, 0.6) is 5.75 Å². The molecule has 0 amide bonds. The molecule has 0 unspecified atom stereocenters. The van der Waals surface area contributed by atoms with Gasteiger partial charge in [-0.1, -0.05) is 12.1 Å². The van der Waals surface area contributed by atoms with Gasteiger partial charge in [0.15, 0.2) is 5.82 Å². The first-order valence-corrected chi connectivity index (χ1v) is 8.96. The van der Waals surface area contributed by atoms with Gasteiger partial charge in [0.2, 0.25) is 0 Å². The van der Waals surface area contributed by atoms with E-state index in [1.807, 2.05) is 19.0 Å². The smallest absolute Gasteiger partial charge is 0.526 e. The Morgan fingerprint density at radius 2 is 2.18 bits per heavy atom. The number of carboxylic acid groups (broad SMARTS) is 1. The van der Waals surface area contributed by atoms with Gasteiger partial charge in [0.1, 0.15) is 11.5 Å². The number of benzene rings is 1. The highest BCUT2D eigenvalue weighted by atomic mass is 16.5. The van der Waals surface area contributed by atoms with Crippen LogP contribution in [0.2, 0.25) is 5.82 Å². The summed E-state index contributed by atoms with van der Waals surface area (Å²) in [7, 11) is 2.63. The van der Waals surface area contributed by atoms with Crippen LogP contribution in [0, 0.1) is 0 Å². The summed E-state index contributed by atoms with van der Waals surface area (Å²) in [6.07, 6.45) is 0.499. The second kappa shape index (κ2) is 8.49. The number of tetrazole rings is 1. The Labute approximate surface area is 162 Å². The predicted octanol–water partition coefficient (Wildman–Crippen LogP) is -0.0796. The Hall–Kier alpha value is -2.79. The molecule has 28 heavy (non-hydrogen) atoms. The average molecular weight is 387 g/mol. The minimum atomic E-state index is -1.25. The zero-order valence-corrected chi connectivity index (χ0v) is 15.8. The molecule has 148 valence electrons. The van der Waals surface area contributed by atoms with Crippen LogP contribution in [0.25, 0.3) is 0 Å². The standard InChI is InChI=1S/C17H22BN5O5/c1-22(2)6-7-23-15(19-20-21-23)10-13(24)9-12-8-11-4-3-5-14(17(25)26)16(11)28-18(12)27/h3-5,12,27H,6-10H2,1-2H3,(H,25,26)/t12-/m1/s1. The Kier molecular flexibility index (Phi) is 6.05. The first kappa shape index (κ1) is 20.0. The van der Waals surface area contributed by atoms with Crippen LogP contribution in [0.3, 0.4) is 0 Å². The lowest BCUT2D eigenvalue weighted by atomic mass is 9.64. The van der Waals surface area contributed by atoms with Crippen LogP contribution < -0.4 is 4.65 Å². The van der Waals surface area contributed by atoms with Crippen molar-refractivity contribution in [1.82, 2.24) is 25.1 Å². The number of hydrogen-bond donors (Lipinski definition) is 2. The number of nitrogens with zero attached hydrogens (tertiary/aromatic N) is 5. The lowest BCUT2D eigenvalue weighted by Gasteiger charge is -2.27. The van der Waals surface area contributed by atoms with Crippen molar-refractivity contribution in [2.75, 3.05) is 20.6 Å². The molecule has 1 aromatic carbocycles. The van der Waals surface area contributed by atoms with Crippen LogP contribution in [0.1, 0.15) is 28.2 Å². The average Bonchev–Trinajstić information content (AvgIpc) is 3.06. The van der Waals surface area contributed by atoms with E-state index in [0.717, 1.165) is 6.54 Å². The molecular formula is C17H22BN5O5. The summed E-state index contributed by atoms with van der Waals surface area (Å²) in [5.74, 6) is -1.06. The van der Waals surface area contributed by atoms with Crippen LogP contribution in [-0.2, 0) is 24.2 Å². The summed E-state index contributed by atoms with van der Waals surface area (Å²) in [5, 5.41) is 31.0. The fourth-order valence-electron chi connectivity index (χ4n) is 3.19. The molecular weight excluding hydrogens is 365 g/mol. The van der Waals surface area contributed by atoms with E-state index in [0.29, 0.717) is 24.4 Å². The van der Waals surface area contributed by atoms with Gasteiger partial charge in [-0.3, -0.25) is 4.79 Å². The summed E-state index contributed by atoms with van der Waals surface area (Å²) in [6.45, 7) is 1.31. The maximum atomic E-state index is 12.5. The van der Waals surface area contributed by atoms with Gasteiger partial charge in [-0.2, -0.15) is 0 Å². The van der Waals surface area contributed by atoms with Gasteiger partial charge in [0.25, 0.3) is 0 Å². The molecule has 1 aromatic heterocycles. The quantitative estimate of drug-likeness (QED) is 0.597. The Morgan fingerprint density at radius 3 is 2.89 bits per heavy atom. The number of likely N-dealkylation sites (N-methyl/N-ethyl adjacent to an activating group) is 1. The van der Waals surface area contributed by atoms with E-state index in [4.69, 9.17) is 4.65 Å². The van der Waals surface area contributed by atoms with Gasteiger partial charge in [-0.05, 0) is 42.6 Å². The Balaban J connectivity index is 1.65. The van der Waals surface area contributed by atoms with E-state index < -0.39 is 18.9 Å². The summed E-state index contributed by atoms with van der Waals surface area (Å²) in [5.41, 5.74) is 0.667. The number of carbonyl (C=O) groups excluding carboxylic acids is 1. The number of fused-ring (bicyclic) bond motifs is 1. The van der Waals surface area contributed by atoms with Gasteiger partial charge in [0, 0.05) is 18.8 Å². The number of Topliss-reactive ketones (excluding diaryl/α,β-unsaturated/α-hetero) is 1. The molecule has 1 aliphatic heterocycles. The van der Waals surface area contributed by atoms with E-state index in [9.17, 15) is 19.7 Å². The third-order valence-corrected chi connectivity index (χ3v) is 4.66. The zero-order chi connectivity index (χ0) is 20.3. The molecule has 0 radical (unpaired) electrons. The largest absolute Gasteiger partial charge is 0.535 e. The molecule has 0 spiro atoms. The third kappa shape index (κ3) is 4.54. The molecule has 0 bridgehead atoms. The number of ketones is 1. The molecule has 10 nitrogen and oxygen atoms in total. The third-order valence-electron chi connectivity index (χ3n) is 4.66. The van der Waals surface area contributed by atoms with Gasteiger partial charge < -0.3 is 19.7 Å². The molecule has 0 saturated heterocycles. The number of hydrogen-bond acceptors (Lipinski definition) is 8. The number of aromatic nitrogens is 4. The van der Waals surface area contributed by atoms with Crippen LogP contribution in [-0.4, -0.2) is 74.7 Å². The van der Waals surface area contributed by atoms with Crippen molar-refractivity contribution < 1.29 is 24.4 Å². The normalized spacial score (nSPS) is 16.0. The number of carbonyl (C=O) groups is 2. The summed E-state index contributed by atoms with van der Waals surface area (Å²) in [6, 6.07) is 4.79. The Bertz CT molecular complexity index is 871. The fourth-order valence-corrected chi connectivity index (χ4v) is 3.19. The van der Waals surface area contributed by atoms with E-state index in [-0.39, 0.29) is 29.9 Å². The second-order valence-electron chi connectivity index (χ2n) is 7.11. The van der Waals surface area contributed by atoms with Crippen molar-refractivity contribution in [3.63, 3.8) is 0 Å². The first-order chi connectivity index (χ1) is 13.3. The lowest BCUT2D eigenvalue weighted by Crippen LogP contribution is -2.36. The molecule has 3 rings (SSSR count). The maximum Gasteiger partial charge on any atom is 0.526 e. The van der Waals surface area contributed by atoms with Crippen LogP contribution in [0.15, 0.2) is 18.2 Å². The molecule has 2 aromatic rings. The van der Waals surface area contributed by atoms with Gasteiger partial charge in [-0.25, -0.2) is 9.48 Å². The maximum absolute atomic E-state index is 12.5. The number of carboxylic acids is 1. The van der Waals surface area contributed by atoms with Gasteiger partial charge in [-0.15, -0.1) is 5.10 Å². The number of para-hydroxylation sites is 1. The predicted molar refractivity (Wildman–Crippen MR) is 99.2 cm³/mol. The fraction of sp³-hybridized carbons (Fsp3) is 0.471. The van der Waals surface area contributed by atoms with E-state index >= 15 is 0 Å².